The summed E-state index contributed by atoms with van der Waals surface area (Å²) >= 11 is 0. The van der Waals surface area contributed by atoms with Crippen molar-refractivity contribution in [3.63, 3.8) is 0 Å². The van der Waals surface area contributed by atoms with Crippen LogP contribution in [-0.4, -0.2) is 42.1 Å². The van der Waals surface area contributed by atoms with Crippen molar-refractivity contribution in [3.8, 4) is 0 Å². The molecular formula is C14H15N5O4. The van der Waals surface area contributed by atoms with Gasteiger partial charge in [-0.05, 0) is 12.1 Å². The van der Waals surface area contributed by atoms with E-state index in [2.05, 4.69) is 15.3 Å². The third-order valence-corrected chi connectivity index (χ3v) is 3.21. The van der Waals surface area contributed by atoms with Gasteiger partial charge >= 0.3 is 11.7 Å². The van der Waals surface area contributed by atoms with E-state index in [0.29, 0.717) is 5.69 Å². The topological polar surface area (TPSA) is 110 Å². The summed E-state index contributed by atoms with van der Waals surface area (Å²) < 4.78 is 4.74. The highest BCUT2D eigenvalue weighted by Crippen LogP contribution is 2.35. The second kappa shape index (κ2) is 6.69. The van der Waals surface area contributed by atoms with Crippen molar-refractivity contribution >= 4 is 29.0 Å². The highest BCUT2D eigenvalue weighted by atomic mass is 16.6. The minimum absolute atomic E-state index is 0.0608. The zero-order valence-corrected chi connectivity index (χ0v) is 12.8. The fourth-order valence-electron chi connectivity index (χ4n) is 2.13. The van der Waals surface area contributed by atoms with E-state index < -0.39 is 10.9 Å². The van der Waals surface area contributed by atoms with Crippen molar-refractivity contribution in [2.75, 3.05) is 31.4 Å². The predicted molar refractivity (Wildman–Crippen MR) is 84.1 cm³/mol. The van der Waals surface area contributed by atoms with E-state index in [9.17, 15) is 14.9 Å². The van der Waals surface area contributed by atoms with Gasteiger partial charge in [0.25, 0.3) is 0 Å². The number of para-hydroxylation sites is 1. The second-order valence-corrected chi connectivity index (χ2v) is 4.47. The predicted octanol–water partition coefficient (Wildman–Crippen LogP) is 1.98. The van der Waals surface area contributed by atoms with Crippen LogP contribution in [0.15, 0.2) is 30.6 Å². The summed E-state index contributed by atoms with van der Waals surface area (Å²) in [4.78, 5) is 32.0. The van der Waals surface area contributed by atoms with Crippen LogP contribution in [0, 0.1) is 10.1 Å². The van der Waals surface area contributed by atoms with Gasteiger partial charge in [-0.3, -0.25) is 10.1 Å². The minimum Gasteiger partial charge on any atom is -0.465 e. The number of ether oxygens (including phenoxy) is 1. The van der Waals surface area contributed by atoms with Crippen LogP contribution in [0.4, 0.5) is 23.0 Å². The molecule has 0 radical (unpaired) electrons. The molecule has 2 aromatic rings. The summed E-state index contributed by atoms with van der Waals surface area (Å²) in [5, 5.41) is 14.0. The maximum atomic E-state index is 11.9. The summed E-state index contributed by atoms with van der Waals surface area (Å²) in [7, 11) is 4.38. The van der Waals surface area contributed by atoms with Crippen LogP contribution >= 0.6 is 0 Å². The molecule has 120 valence electrons. The second-order valence-electron chi connectivity index (χ2n) is 4.47. The maximum Gasteiger partial charge on any atom is 0.353 e. The van der Waals surface area contributed by atoms with Crippen molar-refractivity contribution in [2.24, 2.45) is 0 Å². The fourth-order valence-corrected chi connectivity index (χ4v) is 2.13. The first-order valence-corrected chi connectivity index (χ1v) is 6.59. The molecule has 0 saturated heterocycles. The Hall–Kier alpha value is -3.23. The first-order valence-electron chi connectivity index (χ1n) is 6.59. The highest BCUT2D eigenvalue weighted by molar-refractivity contribution is 5.97. The van der Waals surface area contributed by atoms with Gasteiger partial charge in [0.05, 0.1) is 23.3 Å². The van der Waals surface area contributed by atoms with Gasteiger partial charge in [0.1, 0.15) is 6.33 Å². The normalized spacial score (nSPS) is 10.0. The molecule has 0 atom stereocenters. The molecule has 0 unspecified atom stereocenters. The Morgan fingerprint density at radius 3 is 2.65 bits per heavy atom. The molecule has 0 aliphatic rings. The molecule has 9 heteroatoms. The Bertz CT molecular complexity index is 750. The van der Waals surface area contributed by atoms with Gasteiger partial charge in [0, 0.05) is 14.1 Å². The third kappa shape index (κ3) is 3.03. The summed E-state index contributed by atoms with van der Waals surface area (Å²) in [5.41, 5.74) is 0.428. The van der Waals surface area contributed by atoms with Crippen LogP contribution in [-0.2, 0) is 4.74 Å². The van der Waals surface area contributed by atoms with Gasteiger partial charge in [-0.1, -0.05) is 12.1 Å². The summed E-state index contributed by atoms with van der Waals surface area (Å²) in [6.07, 6.45) is 1.21. The SMILES string of the molecule is CNc1ncnc(N(C)c2ccccc2C(=O)OC)c1[N+](=O)[O-]. The quantitative estimate of drug-likeness (QED) is 0.506. The number of nitrogens with zero attached hydrogens (tertiary/aromatic N) is 4. The monoisotopic (exact) mass is 317 g/mol. The third-order valence-electron chi connectivity index (χ3n) is 3.21. The Balaban J connectivity index is 2.61. The number of rotatable bonds is 5. The molecule has 9 nitrogen and oxygen atoms in total. The maximum absolute atomic E-state index is 11.9. The van der Waals surface area contributed by atoms with Crippen molar-refractivity contribution in [1.82, 2.24) is 9.97 Å². The first kappa shape index (κ1) is 16.1. The van der Waals surface area contributed by atoms with Crippen molar-refractivity contribution in [1.29, 1.82) is 0 Å². The largest absolute Gasteiger partial charge is 0.465 e. The molecule has 1 aromatic carbocycles. The molecular weight excluding hydrogens is 302 g/mol. The van der Waals surface area contributed by atoms with Gasteiger partial charge < -0.3 is 15.0 Å². The number of hydrogen-bond donors (Lipinski definition) is 1. The van der Waals surface area contributed by atoms with E-state index in [1.54, 1.807) is 31.3 Å². The molecule has 1 N–H and O–H groups in total. The summed E-state index contributed by atoms with van der Waals surface area (Å²) in [6, 6.07) is 6.61. The molecule has 0 spiro atoms. The smallest absolute Gasteiger partial charge is 0.353 e. The lowest BCUT2D eigenvalue weighted by atomic mass is 10.1. The van der Waals surface area contributed by atoms with Crippen molar-refractivity contribution in [2.45, 2.75) is 0 Å². The lowest BCUT2D eigenvalue weighted by Crippen LogP contribution is -2.18. The Morgan fingerprint density at radius 2 is 2.04 bits per heavy atom. The van der Waals surface area contributed by atoms with E-state index in [-0.39, 0.29) is 22.9 Å². The van der Waals surface area contributed by atoms with E-state index >= 15 is 0 Å². The molecule has 0 bridgehead atoms. The van der Waals surface area contributed by atoms with Gasteiger partial charge in [0.2, 0.25) is 11.6 Å². The number of benzene rings is 1. The van der Waals surface area contributed by atoms with Gasteiger partial charge in [-0.15, -0.1) is 0 Å². The van der Waals surface area contributed by atoms with Gasteiger partial charge in [-0.25, -0.2) is 14.8 Å². The molecule has 0 amide bonds. The Kier molecular flexibility index (Phi) is 4.69. The van der Waals surface area contributed by atoms with E-state index in [4.69, 9.17) is 4.74 Å². The number of carbonyl (C=O) groups is 1. The molecule has 0 aliphatic carbocycles. The van der Waals surface area contributed by atoms with Crippen LogP contribution in [0.2, 0.25) is 0 Å². The van der Waals surface area contributed by atoms with Crippen molar-refractivity contribution in [3.05, 3.63) is 46.3 Å². The average Bonchev–Trinajstić information content (AvgIpc) is 2.59. The fraction of sp³-hybridized carbons (Fsp3) is 0.214. The highest BCUT2D eigenvalue weighted by Gasteiger charge is 2.27. The lowest BCUT2D eigenvalue weighted by molar-refractivity contribution is -0.383. The van der Waals surface area contributed by atoms with E-state index in [0.717, 1.165) is 0 Å². The Labute approximate surface area is 132 Å². The number of hydrogen-bond acceptors (Lipinski definition) is 8. The van der Waals surface area contributed by atoms with Crippen LogP contribution in [0.1, 0.15) is 10.4 Å². The number of anilines is 3. The average molecular weight is 317 g/mol. The van der Waals surface area contributed by atoms with E-state index in [1.165, 1.54) is 25.4 Å². The number of nitrogens with one attached hydrogen (secondary N) is 1. The molecule has 0 saturated carbocycles. The number of nitro groups is 1. The number of esters is 1. The molecule has 2 rings (SSSR count). The number of aromatic nitrogens is 2. The molecule has 0 fully saturated rings. The van der Waals surface area contributed by atoms with Crippen LogP contribution in [0.3, 0.4) is 0 Å². The zero-order valence-electron chi connectivity index (χ0n) is 12.8. The molecule has 1 aromatic heterocycles. The van der Waals surface area contributed by atoms with Gasteiger partial charge in [0.15, 0.2) is 0 Å². The number of methoxy groups -OCH3 is 1. The zero-order chi connectivity index (χ0) is 17.0. The molecule has 23 heavy (non-hydrogen) atoms. The van der Waals surface area contributed by atoms with Gasteiger partial charge in [-0.2, -0.15) is 0 Å². The number of carbonyl (C=O) groups excluding carboxylic acids is 1. The minimum atomic E-state index is -0.571. The van der Waals surface area contributed by atoms with Crippen LogP contribution < -0.4 is 10.2 Å². The van der Waals surface area contributed by atoms with Crippen LogP contribution in [0.25, 0.3) is 0 Å². The first-order chi connectivity index (χ1) is 11.0. The molecule has 1 heterocycles. The lowest BCUT2D eigenvalue weighted by Gasteiger charge is -2.20. The summed E-state index contributed by atoms with van der Waals surface area (Å²) in [6.45, 7) is 0. The van der Waals surface area contributed by atoms with E-state index in [1.807, 2.05) is 0 Å². The van der Waals surface area contributed by atoms with Crippen LogP contribution in [0.5, 0.6) is 0 Å². The summed E-state index contributed by atoms with van der Waals surface area (Å²) in [5.74, 6) is -0.397. The molecule has 0 aliphatic heterocycles. The van der Waals surface area contributed by atoms with Crippen molar-refractivity contribution < 1.29 is 14.5 Å². The Morgan fingerprint density at radius 1 is 1.35 bits per heavy atom. The standard InChI is InChI=1S/C14H15N5O4/c1-15-12-11(19(21)22)13(17-8-16-12)18(2)10-7-5-4-6-9(10)14(20)23-3/h4-8H,1-3H3,(H,15,16,17).